The van der Waals surface area contributed by atoms with E-state index < -0.39 is 6.36 Å². The van der Waals surface area contributed by atoms with Crippen LogP contribution in [0.4, 0.5) is 13.2 Å². The molecule has 0 bridgehead atoms. The number of alkyl halides is 3. The third-order valence-corrected chi connectivity index (χ3v) is 4.74. The number of halogens is 3. The zero-order valence-corrected chi connectivity index (χ0v) is 16.3. The second-order valence-corrected chi connectivity index (χ2v) is 6.71. The Balaban J connectivity index is 1.64. The number of carbonyl (C=O) groups is 2. The molecule has 0 aromatic heterocycles. The lowest BCUT2D eigenvalue weighted by Gasteiger charge is -2.23. The summed E-state index contributed by atoms with van der Waals surface area (Å²) in [5, 5.41) is 0. The van der Waals surface area contributed by atoms with Crippen molar-refractivity contribution in [2.75, 3.05) is 33.3 Å². The SMILES string of the molecule is COc1ccccc1C(=O)N1CCCN(C(=O)c2ccc(OC(F)(F)F)cc2)CC1. The molecule has 6 nitrogen and oxygen atoms in total. The predicted octanol–water partition coefficient (Wildman–Crippen LogP) is 3.58. The molecule has 2 aromatic carbocycles. The number of para-hydroxylation sites is 1. The van der Waals surface area contributed by atoms with Crippen LogP contribution in [0.5, 0.6) is 11.5 Å². The minimum absolute atomic E-state index is 0.171. The number of benzene rings is 2. The van der Waals surface area contributed by atoms with Crippen LogP contribution < -0.4 is 9.47 Å². The van der Waals surface area contributed by atoms with Crippen LogP contribution in [-0.2, 0) is 0 Å². The lowest BCUT2D eigenvalue weighted by atomic mass is 10.1. The fourth-order valence-corrected chi connectivity index (χ4v) is 3.30. The van der Waals surface area contributed by atoms with E-state index in [1.807, 2.05) is 0 Å². The van der Waals surface area contributed by atoms with Gasteiger partial charge in [-0.15, -0.1) is 13.2 Å². The Bertz CT molecular complexity index is 900. The van der Waals surface area contributed by atoms with Gasteiger partial charge in [-0.1, -0.05) is 12.1 Å². The van der Waals surface area contributed by atoms with Crippen molar-refractivity contribution in [3.05, 3.63) is 59.7 Å². The van der Waals surface area contributed by atoms with Crippen molar-refractivity contribution < 1.29 is 32.2 Å². The van der Waals surface area contributed by atoms with E-state index >= 15 is 0 Å². The highest BCUT2D eigenvalue weighted by atomic mass is 19.4. The second-order valence-electron chi connectivity index (χ2n) is 6.71. The van der Waals surface area contributed by atoms with Crippen LogP contribution in [0.15, 0.2) is 48.5 Å². The summed E-state index contributed by atoms with van der Waals surface area (Å²) in [4.78, 5) is 28.9. The lowest BCUT2D eigenvalue weighted by molar-refractivity contribution is -0.274. The summed E-state index contributed by atoms with van der Waals surface area (Å²) in [6.07, 6.45) is -4.20. The average Bonchev–Trinajstić information content (AvgIpc) is 2.98. The van der Waals surface area contributed by atoms with Gasteiger partial charge in [0.2, 0.25) is 0 Å². The molecule has 0 N–H and O–H groups in total. The van der Waals surface area contributed by atoms with Crippen LogP contribution in [0.25, 0.3) is 0 Å². The summed E-state index contributed by atoms with van der Waals surface area (Å²) >= 11 is 0. The number of hydrogen-bond donors (Lipinski definition) is 0. The molecule has 1 saturated heterocycles. The van der Waals surface area contributed by atoms with E-state index in [9.17, 15) is 22.8 Å². The van der Waals surface area contributed by atoms with Crippen LogP contribution in [0.1, 0.15) is 27.1 Å². The summed E-state index contributed by atoms with van der Waals surface area (Å²) in [6.45, 7) is 1.59. The Labute approximate surface area is 171 Å². The zero-order chi connectivity index (χ0) is 21.7. The van der Waals surface area contributed by atoms with E-state index in [0.29, 0.717) is 43.9 Å². The number of hydrogen-bond acceptors (Lipinski definition) is 4. The quantitative estimate of drug-likeness (QED) is 0.756. The van der Waals surface area contributed by atoms with E-state index in [-0.39, 0.29) is 23.1 Å². The monoisotopic (exact) mass is 422 g/mol. The molecule has 0 atom stereocenters. The molecule has 0 radical (unpaired) electrons. The summed E-state index contributed by atoms with van der Waals surface area (Å²) < 4.78 is 45.9. The molecule has 1 aliphatic rings. The van der Waals surface area contributed by atoms with Gasteiger partial charge in [-0.05, 0) is 42.8 Å². The van der Waals surface area contributed by atoms with Gasteiger partial charge in [-0.2, -0.15) is 0 Å². The van der Waals surface area contributed by atoms with Crippen LogP contribution in [0, 0.1) is 0 Å². The molecule has 9 heteroatoms. The molecule has 1 heterocycles. The maximum Gasteiger partial charge on any atom is 0.573 e. The first kappa shape index (κ1) is 21.5. The molecule has 1 fully saturated rings. The van der Waals surface area contributed by atoms with E-state index in [2.05, 4.69) is 4.74 Å². The maximum absolute atomic E-state index is 12.9. The van der Waals surface area contributed by atoms with Gasteiger partial charge in [0, 0.05) is 31.7 Å². The van der Waals surface area contributed by atoms with Crippen molar-refractivity contribution in [3.8, 4) is 11.5 Å². The van der Waals surface area contributed by atoms with E-state index in [0.717, 1.165) is 12.1 Å². The molecule has 0 unspecified atom stereocenters. The van der Waals surface area contributed by atoms with Crippen molar-refractivity contribution in [2.45, 2.75) is 12.8 Å². The van der Waals surface area contributed by atoms with E-state index in [1.54, 1.807) is 34.1 Å². The fraction of sp³-hybridized carbons (Fsp3) is 0.333. The van der Waals surface area contributed by atoms with Crippen LogP contribution in [0.3, 0.4) is 0 Å². The van der Waals surface area contributed by atoms with Gasteiger partial charge in [0.15, 0.2) is 0 Å². The number of methoxy groups -OCH3 is 1. The molecule has 0 spiro atoms. The van der Waals surface area contributed by atoms with E-state index in [1.165, 1.54) is 19.2 Å². The van der Waals surface area contributed by atoms with Gasteiger partial charge in [0.05, 0.1) is 12.7 Å². The summed E-state index contributed by atoms with van der Waals surface area (Å²) in [5.74, 6) is -0.375. The molecule has 3 rings (SSSR count). The molecule has 0 aliphatic carbocycles. The largest absolute Gasteiger partial charge is 0.573 e. The van der Waals surface area contributed by atoms with Crippen molar-refractivity contribution in [1.29, 1.82) is 0 Å². The van der Waals surface area contributed by atoms with Crippen LogP contribution in [-0.4, -0.2) is 61.3 Å². The molecule has 160 valence electrons. The Morgan fingerprint density at radius 2 is 1.47 bits per heavy atom. The first-order valence-electron chi connectivity index (χ1n) is 9.36. The maximum atomic E-state index is 12.9. The van der Waals surface area contributed by atoms with Crippen molar-refractivity contribution in [3.63, 3.8) is 0 Å². The lowest BCUT2D eigenvalue weighted by Crippen LogP contribution is -2.37. The first-order valence-corrected chi connectivity index (χ1v) is 9.36. The normalized spacial score (nSPS) is 14.8. The van der Waals surface area contributed by atoms with Gasteiger partial charge < -0.3 is 19.3 Å². The molecular formula is C21H21F3N2O4. The van der Waals surface area contributed by atoms with Gasteiger partial charge in [-0.25, -0.2) is 0 Å². The fourth-order valence-electron chi connectivity index (χ4n) is 3.30. The standard InChI is InChI=1S/C21H21F3N2O4/c1-29-18-6-3-2-5-17(18)20(28)26-12-4-11-25(13-14-26)19(27)15-7-9-16(10-8-15)30-21(22,23)24/h2-3,5-10H,4,11-14H2,1H3. The van der Waals surface area contributed by atoms with Gasteiger partial charge >= 0.3 is 6.36 Å². The van der Waals surface area contributed by atoms with Gasteiger partial charge in [0.25, 0.3) is 11.8 Å². The van der Waals surface area contributed by atoms with Crippen molar-refractivity contribution in [2.24, 2.45) is 0 Å². The predicted molar refractivity (Wildman–Crippen MR) is 103 cm³/mol. The summed E-state index contributed by atoms with van der Waals surface area (Å²) in [5.41, 5.74) is 0.717. The van der Waals surface area contributed by atoms with Crippen LogP contribution >= 0.6 is 0 Å². The number of rotatable bonds is 4. The van der Waals surface area contributed by atoms with E-state index in [4.69, 9.17) is 4.74 Å². The highest BCUT2D eigenvalue weighted by Gasteiger charge is 2.31. The minimum atomic E-state index is -4.78. The smallest absolute Gasteiger partial charge is 0.496 e. The zero-order valence-electron chi connectivity index (χ0n) is 16.3. The Hall–Kier alpha value is -3.23. The highest BCUT2D eigenvalue weighted by Crippen LogP contribution is 2.24. The van der Waals surface area contributed by atoms with Crippen molar-refractivity contribution in [1.82, 2.24) is 9.80 Å². The third kappa shape index (κ3) is 5.22. The minimum Gasteiger partial charge on any atom is -0.496 e. The third-order valence-electron chi connectivity index (χ3n) is 4.74. The number of nitrogens with zero attached hydrogens (tertiary/aromatic N) is 2. The average molecular weight is 422 g/mol. The molecule has 1 aliphatic heterocycles. The molecule has 0 saturated carbocycles. The first-order chi connectivity index (χ1) is 14.3. The topological polar surface area (TPSA) is 59.1 Å². The molecule has 30 heavy (non-hydrogen) atoms. The van der Waals surface area contributed by atoms with Gasteiger partial charge in [-0.3, -0.25) is 9.59 Å². The Kier molecular flexibility index (Phi) is 6.49. The van der Waals surface area contributed by atoms with Gasteiger partial charge in [0.1, 0.15) is 11.5 Å². The number of carbonyl (C=O) groups excluding carboxylic acids is 2. The molecule has 2 aromatic rings. The number of amides is 2. The molecule has 2 amide bonds. The Morgan fingerprint density at radius 1 is 0.867 bits per heavy atom. The number of ether oxygens (including phenoxy) is 2. The Morgan fingerprint density at radius 3 is 2.07 bits per heavy atom. The van der Waals surface area contributed by atoms with Crippen LogP contribution in [0.2, 0.25) is 0 Å². The molecular weight excluding hydrogens is 401 g/mol. The summed E-state index contributed by atoms with van der Waals surface area (Å²) in [6, 6.07) is 11.8. The van der Waals surface area contributed by atoms with Crippen molar-refractivity contribution >= 4 is 11.8 Å². The highest BCUT2D eigenvalue weighted by molar-refractivity contribution is 5.97. The summed E-state index contributed by atoms with van der Waals surface area (Å²) in [7, 11) is 1.50. The second kappa shape index (κ2) is 9.06.